The van der Waals surface area contributed by atoms with Crippen molar-refractivity contribution in [3.8, 4) is 0 Å². The summed E-state index contributed by atoms with van der Waals surface area (Å²) in [7, 11) is 0. The van der Waals surface area contributed by atoms with Gasteiger partial charge < -0.3 is 15.4 Å². The molecular formula is C21H27ClN6O2. The molecule has 1 aromatic carbocycles. The second-order valence-electron chi connectivity index (χ2n) is 7.41. The van der Waals surface area contributed by atoms with Gasteiger partial charge >= 0.3 is 5.69 Å². The Morgan fingerprint density at radius 2 is 2.03 bits per heavy atom. The summed E-state index contributed by atoms with van der Waals surface area (Å²) in [6.07, 6.45) is 3.46. The maximum absolute atomic E-state index is 11.7. The summed E-state index contributed by atoms with van der Waals surface area (Å²) in [5.74, 6) is 0. The predicted molar refractivity (Wildman–Crippen MR) is 120 cm³/mol. The Balaban J connectivity index is 1.24. The summed E-state index contributed by atoms with van der Waals surface area (Å²) in [6.45, 7) is 6.41. The first-order chi connectivity index (χ1) is 14.7. The number of anilines is 2. The van der Waals surface area contributed by atoms with Crippen molar-refractivity contribution in [1.29, 1.82) is 0 Å². The van der Waals surface area contributed by atoms with Gasteiger partial charge in [0.1, 0.15) is 0 Å². The van der Waals surface area contributed by atoms with E-state index in [4.69, 9.17) is 16.3 Å². The van der Waals surface area contributed by atoms with Crippen LogP contribution in [-0.4, -0.2) is 65.4 Å². The summed E-state index contributed by atoms with van der Waals surface area (Å²) in [6, 6.07) is 10.4. The number of benzene rings is 1. The number of rotatable bonds is 9. The van der Waals surface area contributed by atoms with Crippen LogP contribution in [0.25, 0.3) is 5.65 Å². The molecule has 2 aromatic heterocycles. The zero-order valence-corrected chi connectivity index (χ0v) is 17.6. The van der Waals surface area contributed by atoms with Crippen molar-refractivity contribution in [1.82, 2.24) is 19.5 Å². The Labute approximate surface area is 180 Å². The standard InChI is InChI=1S/C21H27ClN6O2/c22-17-14-19(20-25-26-21(29)28(20)15-17)24-6-2-4-16-3-1-5-18(13-16)23-7-8-27-9-11-30-12-10-27/h1,3,5,13-15,23-24H,2,4,6-12H2,(H,26,29). The molecule has 9 heteroatoms. The molecule has 3 heterocycles. The fourth-order valence-corrected chi connectivity index (χ4v) is 3.85. The van der Waals surface area contributed by atoms with Crippen LogP contribution >= 0.6 is 11.6 Å². The highest BCUT2D eigenvalue weighted by Crippen LogP contribution is 2.19. The highest BCUT2D eigenvalue weighted by Gasteiger charge is 2.09. The highest BCUT2D eigenvalue weighted by molar-refractivity contribution is 6.30. The van der Waals surface area contributed by atoms with Gasteiger partial charge in [-0.05, 0) is 36.6 Å². The van der Waals surface area contributed by atoms with Gasteiger partial charge in [-0.2, -0.15) is 5.10 Å². The minimum Gasteiger partial charge on any atom is -0.384 e. The largest absolute Gasteiger partial charge is 0.384 e. The van der Waals surface area contributed by atoms with Crippen LogP contribution in [0.1, 0.15) is 12.0 Å². The normalized spacial score (nSPS) is 14.8. The van der Waals surface area contributed by atoms with Crippen molar-refractivity contribution >= 4 is 28.6 Å². The van der Waals surface area contributed by atoms with Crippen molar-refractivity contribution in [2.75, 3.05) is 56.6 Å². The van der Waals surface area contributed by atoms with Gasteiger partial charge in [-0.1, -0.05) is 23.7 Å². The molecule has 8 nitrogen and oxygen atoms in total. The van der Waals surface area contributed by atoms with E-state index in [-0.39, 0.29) is 5.69 Å². The lowest BCUT2D eigenvalue weighted by Crippen LogP contribution is -2.39. The average molecular weight is 431 g/mol. The van der Waals surface area contributed by atoms with Crippen LogP contribution in [0, 0.1) is 0 Å². The van der Waals surface area contributed by atoms with Crippen molar-refractivity contribution in [3.63, 3.8) is 0 Å². The Morgan fingerprint density at radius 1 is 1.17 bits per heavy atom. The number of aromatic amines is 1. The monoisotopic (exact) mass is 430 g/mol. The van der Waals surface area contributed by atoms with Crippen LogP contribution in [0.15, 0.2) is 41.3 Å². The second kappa shape index (κ2) is 9.97. The first-order valence-electron chi connectivity index (χ1n) is 10.3. The summed E-state index contributed by atoms with van der Waals surface area (Å²) in [4.78, 5) is 14.2. The number of nitrogens with one attached hydrogen (secondary N) is 3. The second-order valence-corrected chi connectivity index (χ2v) is 7.84. The molecule has 1 aliphatic heterocycles. The molecule has 0 aliphatic carbocycles. The number of hydrogen-bond acceptors (Lipinski definition) is 6. The third kappa shape index (κ3) is 5.33. The van der Waals surface area contributed by atoms with Crippen LogP contribution in [0.4, 0.5) is 11.4 Å². The summed E-state index contributed by atoms with van der Waals surface area (Å²) < 4.78 is 6.80. The summed E-state index contributed by atoms with van der Waals surface area (Å²) >= 11 is 6.11. The number of pyridine rings is 1. The zero-order chi connectivity index (χ0) is 20.8. The molecule has 4 rings (SSSR count). The van der Waals surface area contributed by atoms with Crippen molar-refractivity contribution in [3.05, 3.63) is 57.6 Å². The van der Waals surface area contributed by atoms with E-state index >= 15 is 0 Å². The number of morpholine rings is 1. The molecule has 0 spiro atoms. The third-order valence-electron chi connectivity index (χ3n) is 5.23. The van der Waals surface area contributed by atoms with Crippen LogP contribution in [0.3, 0.4) is 0 Å². The third-order valence-corrected chi connectivity index (χ3v) is 5.43. The van der Waals surface area contributed by atoms with Gasteiger partial charge in [0, 0.05) is 44.6 Å². The van der Waals surface area contributed by atoms with E-state index < -0.39 is 0 Å². The van der Waals surface area contributed by atoms with E-state index in [0.717, 1.165) is 70.2 Å². The fraction of sp³-hybridized carbons (Fsp3) is 0.429. The molecule has 3 N–H and O–H groups in total. The number of aryl methyl sites for hydroxylation is 1. The van der Waals surface area contributed by atoms with Crippen molar-refractivity contribution < 1.29 is 4.74 Å². The van der Waals surface area contributed by atoms with E-state index in [1.54, 1.807) is 12.3 Å². The van der Waals surface area contributed by atoms with Gasteiger partial charge in [-0.25, -0.2) is 14.3 Å². The molecule has 1 saturated heterocycles. The minimum atomic E-state index is -0.298. The van der Waals surface area contributed by atoms with Gasteiger partial charge in [0.25, 0.3) is 0 Å². The topological polar surface area (TPSA) is 86.7 Å². The van der Waals surface area contributed by atoms with E-state index in [1.165, 1.54) is 9.96 Å². The minimum absolute atomic E-state index is 0.298. The van der Waals surface area contributed by atoms with Gasteiger partial charge in [-0.3, -0.25) is 4.90 Å². The van der Waals surface area contributed by atoms with Crippen molar-refractivity contribution in [2.45, 2.75) is 12.8 Å². The molecule has 0 bridgehead atoms. The lowest BCUT2D eigenvalue weighted by molar-refractivity contribution is 0.0398. The van der Waals surface area contributed by atoms with E-state index in [0.29, 0.717) is 10.7 Å². The lowest BCUT2D eigenvalue weighted by atomic mass is 10.1. The van der Waals surface area contributed by atoms with Gasteiger partial charge in [0.2, 0.25) is 0 Å². The number of hydrogen-bond donors (Lipinski definition) is 3. The lowest BCUT2D eigenvalue weighted by Gasteiger charge is -2.26. The number of H-pyrrole nitrogens is 1. The molecule has 0 amide bonds. The molecule has 0 atom stereocenters. The number of aromatic nitrogens is 3. The van der Waals surface area contributed by atoms with E-state index in [9.17, 15) is 4.79 Å². The van der Waals surface area contributed by atoms with Gasteiger partial charge in [-0.15, -0.1) is 0 Å². The first-order valence-corrected chi connectivity index (χ1v) is 10.7. The van der Waals surface area contributed by atoms with Crippen LogP contribution in [-0.2, 0) is 11.2 Å². The molecule has 30 heavy (non-hydrogen) atoms. The fourth-order valence-electron chi connectivity index (χ4n) is 3.64. The zero-order valence-electron chi connectivity index (χ0n) is 16.9. The Morgan fingerprint density at radius 3 is 2.90 bits per heavy atom. The van der Waals surface area contributed by atoms with Gasteiger partial charge in [0.05, 0.1) is 23.9 Å². The van der Waals surface area contributed by atoms with Crippen LogP contribution in [0.5, 0.6) is 0 Å². The SMILES string of the molecule is O=c1[nH]nc2c(NCCCc3cccc(NCCN4CCOCC4)c3)cc(Cl)cn12. The maximum Gasteiger partial charge on any atom is 0.347 e. The Kier molecular flexibility index (Phi) is 6.88. The first kappa shape index (κ1) is 20.7. The predicted octanol–water partition coefficient (Wildman–Crippen LogP) is 2.46. The molecular weight excluding hydrogens is 404 g/mol. The maximum atomic E-state index is 11.7. The number of nitrogens with zero attached hydrogens (tertiary/aromatic N) is 3. The van der Waals surface area contributed by atoms with E-state index in [1.807, 2.05) is 0 Å². The quantitative estimate of drug-likeness (QED) is 0.452. The Hall–Kier alpha value is -2.55. The molecule has 0 saturated carbocycles. The number of fused-ring (bicyclic) bond motifs is 1. The number of halogens is 1. The molecule has 1 aliphatic rings. The summed E-state index contributed by atoms with van der Waals surface area (Å²) in [5, 5.41) is 13.9. The molecule has 3 aromatic rings. The van der Waals surface area contributed by atoms with E-state index in [2.05, 4.69) is 50.0 Å². The average Bonchev–Trinajstić information content (AvgIpc) is 3.13. The van der Waals surface area contributed by atoms with Gasteiger partial charge in [0.15, 0.2) is 5.65 Å². The number of ether oxygens (including phenoxy) is 1. The van der Waals surface area contributed by atoms with Crippen LogP contribution < -0.4 is 16.3 Å². The molecule has 0 unspecified atom stereocenters. The van der Waals surface area contributed by atoms with Crippen LogP contribution in [0.2, 0.25) is 5.02 Å². The molecule has 0 radical (unpaired) electrons. The molecule has 160 valence electrons. The molecule has 1 fully saturated rings. The smallest absolute Gasteiger partial charge is 0.347 e. The summed E-state index contributed by atoms with van der Waals surface area (Å²) in [5.41, 5.74) is 3.45. The Bertz CT molecular complexity index is 1030. The highest BCUT2D eigenvalue weighted by atomic mass is 35.5. The van der Waals surface area contributed by atoms with Crippen molar-refractivity contribution in [2.24, 2.45) is 0 Å².